The quantitative estimate of drug-likeness (QED) is 0.822. The molecule has 0 aromatic heterocycles. The van der Waals surface area contributed by atoms with Gasteiger partial charge in [0, 0.05) is 6.54 Å². The van der Waals surface area contributed by atoms with E-state index in [1.807, 2.05) is 13.8 Å². The van der Waals surface area contributed by atoms with Gasteiger partial charge in [0.1, 0.15) is 0 Å². The van der Waals surface area contributed by atoms with Crippen molar-refractivity contribution in [2.24, 2.45) is 0 Å². The summed E-state index contributed by atoms with van der Waals surface area (Å²) in [6, 6.07) is 0. The lowest BCUT2D eigenvalue weighted by molar-refractivity contribution is -0.137. The second-order valence-corrected chi connectivity index (χ2v) is 7.30. The summed E-state index contributed by atoms with van der Waals surface area (Å²) in [6.45, 7) is 4.42. The van der Waals surface area contributed by atoms with E-state index in [2.05, 4.69) is 4.72 Å². The molecule has 0 amide bonds. The largest absolute Gasteiger partial charge is 0.348 e. The molecule has 2 rings (SSSR count). The Bertz CT molecular complexity index is 360. The first kappa shape index (κ1) is 13.3. The average molecular weight is 263 g/mol. The standard InChI is InChI=1S/C11H21NO4S/c1-11(2)15-8-9(16-11)7-12-17(13,14)10-5-3-4-6-10/h9-10,12H,3-8H2,1-2H3. The van der Waals surface area contributed by atoms with Gasteiger partial charge < -0.3 is 9.47 Å². The molecule has 0 radical (unpaired) electrons. The van der Waals surface area contributed by atoms with Crippen molar-refractivity contribution < 1.29 is 17.9 Å². The Labute approximate surface area is 103 Å². The SMILES string of the molecule is CC1(C)OCC(CNS(=O)(=O)C2CCCC2)O1. The lowest BCUT2D eigenvalue weighted by Crippen LogP contribution is -2.39. The Morgan fingerprint density at radius 2 is 1.94 bits per heavy atom. The van der Waals surface area contributed by atoms with Gasteiger partial charge in [0.15, 0.2) is 5.79 Å². The number of nitrogens with one attached hydrogen (secondary N) is 1. The van der Waals surface area contributed by atoms with Gasteiger partial charge in [0.2, 0.25) is 10.0 Å². The predicted molar refractivity (Wildman–Crippen MR) is 64.1 cm³/mol. The van der Waals surface area contributed by atoms with Gasteiger partial charge in [-0.15, -0.1) is 0 Å². The van der Waals surface area contributed by atoms with Crippen LogP contribution in [0, 0.1) is 0 Å². The maximum atomic E-state index is 11.9. The second kappa shape index (κ2) is 4.84. The van der Waals surface area contributed by atoms with Crippen LogP contribution in [0.4, 0.5) is 0 Å². The molecule has 1 heterocycles. The van der Waals surface area contributed by atoms with E-state index in [9.17, 15) is 8.42 Å². The molecule has 1 unspecified atom stereocenters. The fourth-order valence-electron chi connectivity index (χ4n) is 2.39. The van der Waals surface area contributed by atoms with Crippen LogP contribution < -0.4 is 4.72 Å². The van der Waals surface area contributed by atoms with Crippen LogP contribution in [-0.2, 0) is 19.5 Å². The highest BCUT2D eigenvalue weighted by Gasteiger charge is 2.34. The Kier molecular flexibility index (Phi) is 3.77. The molecule has 1 saturated heterocycles. The Balaban J connectivity index is 1.82. The monoisotopic (exact) mass is 263 g/mol. The van der Waals surface area contributed by atoms with Gasteiger partial charge >= 0.3 is 0 Å². The number of hydrogen-bond donors (Lipinski definition) is 1. The van der Waals surface area contributed by atoms with Gasteiger partial charge in [-0.25, -0.2) is 13.1 Å². The first-order valence-electron chi connectivity index (χ1n) is 6.19. The van der Waals surface area contributed by atoms with Crippen LogP contribution in [-0.4, -0.2) is 38.7 Å². The normalized spacial score (nSPS) is 29.9. The summed E-state index contributed by atoms with van der Waals surface area (Å²) in [6.07, 6.45) is 3.41. The average Bonchev–Trinajstić information content (AvgIpc) is 2.84. The van der Waals surface area contributed by atoms with E-state index < -0.39 is 15.8 Å². The zero-order valence-electron chi connectivity index (χ0n) is 10.4. The van der Waals surface area contributed by atoms with Crippen molar-refractivity contribution >= 4 is 10.0 Å². The second-order valence-electron chi connectivity index (χ2n) is 5.25. The fourth-order valence-corrected chi connectivity index (χ4v) is 4.00. The minimum absolute atomic E-state index is 0.179. The summed E-state index contributed by atoms with van der Waals surface area (Å²) in [4.78, 5) is 0. The zero-order valence-corrected chi connectivity index (χ0v) is 11.3. The van der Waals surface area contributed by atoms with E-state index in [1.54, 1.807) is 0 Å². The first-order chi connectivity index (χ1) is 7.89. The molecule has 0 aromatic rings. The summed E-state index contributed by atoms with van der Waals surface area (Å²) in [5.41, 5.74) is 0. The van der Waals surface area contributed by atoms with E-state index in [0.717, 1.165) is 25.7 Å². The van der Waals surface area contributed by atoms with Crippen molar-refractivity contribution in [2.75, 3.05) is 13.2 Å². The van der Waals surface area contributed by atoms with Crippen molar-refractivity contribution in [1.82, 2.24) is 4.72 Å². The molecule has 17 heavy (non-hydrogen) atoms. The summed E-state index contributed by atoms with van der Waals surface area (Å²) in [5.74, 6) is -0.594. The summed E-state index contributed by atoms with van der Waals surface area (Å²) < 4.78 is 37.5. The van der Waals surface area contributed by atoms with E-state index in [0.29, 0.717) is 13.2 Å². The van der Waals surface area contributed by atoms with Crippen LogP contribution in [0.3, 0.4) is 0 Å². The smallest absolute Gasteiger partial charge is 0.214 e. The number of hydrogen-bond acceptors (Lipinski definition) is 4. The van der Waals surface area contributed by atoms with Crippen LogP contribution in [0.1, 0.15) is 39.5 Å². The molecule has 1 N–H and O–H groups in total. The fraction of sp³-hybridized carbons (Fsp3) is 1.00. The molecule has 0 spiro atoms. The van der Waals surface area contributed by atoms with Gasteiger partial charge in [-0.1, -0.05) is 12.8 Å². The molecule has 1 aliphatic heterocycles. The molecule has 1 atom stereocenters. The molecule has 5 nitrogen and oxygen atoms in total. The number of sulfonamides is 1. The Morgan fingerprint density at radius 1 is 1.29 bits per heavy atom. The molecular weight excluding hydrogens is 242 g/mol. The van der Waals surface area contributed by atoms with Crippen molar-refractivity contribution in [3.8, 4) is 0 Å². The lowest BCUT2D eigenvalue weighted by atomic mass is 10.4. The molecule has 100 valence electrons. The van der Waals surface area contributed by atoms with Gasteiger partial charge in [-0.2, -0.15) is 0 Å². The molecule has 1 aliphatic carbocycles. The molecule has 1 saturated carbocycles. The minimum Gasteiger partial charge on any atom is -0.348 e. The summed E-state index contributed by atoms with van der Waals surface area (Å²) >= 11 is 0. The third-order valence-electron chi connectivity index (χ3n) is 3.32. The number of rotatable bonds is 4. The Morgan fingerprint density at radius 3 is 2.47 bits per heavy atom. The number of ether oxygens (including phenoxy) is 2. The van der Waals surface area contributed by atoms with E-state index in [4.69, 9.17) is 9.47 Å². The molecule has 0 aromatic carbocycles. The molecule has 6 heteroatoms. The first-order valence-corrected chi connectivity index (χ1v) is 7.74. The van der Waals surface area contributed by atoms with Crippen molar-refractivity contribution in [3.05, 3.63) is 0 Å². The van der Waals surface area contributed by atoms with E-state index in [1.165, 1.54) is 0 Å². The van der Waals surface area contributed by atoms with Gasteiger partial charge in [0.05, 0.1) is 18.0 Å². The van der Waals surface area contributed by atoms with Gasteiger partial charge in [0.25, 0.3) is 0 Å². The topological polar surface area (TPSA) is 64.6 Å². The van der Waals surface area contributed by atoms with Gasteiger partial charge in [-0.3, -0.25) is 0 Å². The highest BCUT2D eigenvalue weighted by Crippen LogP contribution is 2.25. The third kappa shape index (κ3) is 3.40. The van der Waals surface area contributed by atoms with Crippen LogP contribution in [0.5, 0.6) is 0 Å². The Hall–Kier alpha value is -0.170. The van der Waals surface area contributed by atoms with Gasteiger partial charge in [-0.05, 0) is 26.7 Å². The van der Waals surface area contributed by atoms with Crippen LogP contribution in [0.15, 0.2) is 0 Å². The highest BCUT2D eigenvalue weighted by atomic mass is 32.2. The maximum Gasteiger partial charge on any atom is 0.214 e. The predicted octanol–water partition coefficient (Wildman–Crippen LogP) is 1.000. The maximum absolute atomic E-state index is 11.9. The van der Waals surface area contributed by atoms with E-state index >= 15 is 0 Å². The molecule has 2 fully saturated rings. The highest BCUT2D eigenvalue weighted by molar-refractivity contribution is 7.90. The minimum atomic E-state index is -3.17. The van der Waals surface area contributed by atoms with Crippen LogP contribution in [0.25, 0.3) is 0 Å². The summed E-state index contributed by atoms with van der Waals surface area (Å²) in [7, 11) is -3.17. The van der Waals surface area contributed by atoms with E-state index in [-0.39, 0.29) is 11.4 Å². The van der Waals surface area contributed by atoms with Crippen molar-refractivity contribution in [2.45, 2.75) is 56.7 Å². The van der Waals surface area contributed by atoms with Crippen LogP contribution >= 0.6 is 0 Å². The van der Waals surface area contributed by atoms with Crippen LogP contribution in [0.2, 0.25) is 0 Å². The third-order valence-corrected chi connectivity index (χ3v) is 5.24. The van der Waals surface area contributed by atoms with Crippen molar-refractivity contribution in [1.29, 1.82) is 0 Å². The molecule has 0 bridgehead atoms. The zero-order chi connectivity index (χ0) is 12.5. The summed E-state index contributed by atoms with van der Waals surface area (Å²) in [5, 5.41) is -0.210. The molecular formula is C11H21NO4S. The lowest BCUT2D eigenvalue weighted by Gasteiger charge is -2.18. The molecule has 2 aliphatic rings. The van der Waals surface area contributed by atoms with Crippen molar-refractivity contribution in [3.63, 3.8) is 0 Å².